The SMILES string of the molecule is CCCC(c1ccccc1)[C@H](N)[C@@H](O)CCCC1CCCC1C(=O)N[C@@H](C(=O)NC(C(=O)OC)C(C)C)C(C)C. The van der Waals surface area contributed by atoms with Crippen molar-refractivity contribution in [2.24, 2.45) is 29.4 Å². The zero-order chi connectivity index (χ0) is 29.8. The van der Waals surface area contributed by atoms with Gasteiger partial charge in [-0.15, -0.1) is 0 Å². The summed E-state index contributed by atoms with van der Waals surface area (Å²) in [6, 6.07) is 8.32. The number of aliphatic hydroxyl groups is 1. The number of nitrogens with one attached hydrogen (secondary N) is 2. The van der Waals surface area contributed by atoms with Crippen LogP contribution in [0.2, 0.25) is 0 Å². The van der Waals surface area contributed by atoms with E-state index in [1.165, 1.54) is 12.7 Å². The van der Waals surface area contributed by atoms with Gasteiger partial charge in [0.05, 0.1) is 13.2 Å². The van der Waals surface area contributed by atoms with Gasteiger partial charge >= 0.3 is 5.97 Å². The highest BCUT2D eigenvalue weighted by molar-refractivity contribution is 5.91. The first-order valence-corrected chi connectivity index (χ1v) is 15.2. The Morgan fingerprint density at radius 1 is 1.00 bits per heavy atom. The number of rotatable bonds is 16. The van der Waals surface area contributed by atoms with Gasteiger partial charge in [-0.25, -0.2) is 4.79 Å². The molecule has 5 N–H and O–H groups in total. The lowest BCUT2D eigenvalue weighted by Crippen LogP contribution is -2.56. The van der Waals surface area contributed by atoms with Crippen molar-refractivity contribution in [1.82, 2.24) is 10.6 Å². The Labute approximate surface area is 241 Å². The maximum atomic E-state index is 13.4. The highest BCUT2D eigenvalue weighted by Gasteiger charge is 2.37. The average molecular weight is 560 g/mol. The number of hydrogen-bond donors (Lipinski definition) is 4. The van der Waals surface area contributed by atoms with E-state index < -0.39 is 24.2 Å². The quantitative estimate of drug-likeness (QED) is 0.223. The van der Waals surface area contributed by atoms with Crippen molar-refractivity contribution in [1.29, 1.82) is 0 Å². The summed E-state index contributed by atoms with van der Waals surface area (Å²) in [6.07, 6.45) is 6.25. The standard InChI is InChI=1S/C32H53N3O5/c1-7-13-24(22-14-9-8-10-15-22)27(33)26(36)19-12-17-23-16-11-18-25(23)30(37)34-28(20(2)3)31(38)35-29(21(4)5)32(39)40-6/h8-10,14-15,20-21,23-29,36H,7,11-13,16-19,33H2,1-6H3,(H,34,37)(H,35,38)/t23?,24?,25?,26-,27-,28+,29?/m0/s1. The molecule has 8 nitrogen and oxygen atoms in total. The van der Waals surface area contributed by atoms with Crippen LogP contribution >= 0.6 is 0 Å². The molecule has 0 aliphatic heterocycles. The van der Waals surface area contributed by atoms with E-state index in [0.29, 0.717) is 6.42 Å². The molecule has 0 aromatic heterocycles. The molecule has 1 fully saturated rings. The number of hydrogen-bond acceptors (Lipinski definition) is 6. The van der Waals surface area contributed by atoms with Crippen LogP contribution in [0, 0.1) is 23.7 Å². The second-order valence-electron chi connectivity index (χ2n) is 12.2. The van der Waals surface area contributed by atoms with Gasteiger partial charge in [-0.1, -0.05) is 84.2 Å². The van der Waals surface area contributed by atoms with Gasteiger partial charge in [0.1, 0.15) is 12.1 Å². The molecule has 0 saturated heterocycles. The molecule has 40 heavy (non-hydrogen) atoms. The fourth-order valence-electron chi connectivity index (χ4n) is 6.03. The minimum atomic E-state index is -0.772. The zero-order valence-corrected chi connectivity index (χ0v) is 25.4. The van der Waals surface area contributed by atoms with E-state index >= 15 is 0 Å². The van der Waals surface area contributed by atoms with Crippen LogP contribution in [0.1, 0.15) is 97.5 Å². The Balaban J connectivity index is 1.95. The van der Waals surface area contributed by atoms with Gasteiger partial charge in [-0.05, 0) is 55.4 Å². The third-order valence-corrected chi connectivity index (χ3v) is 8.47. The van der Waals surface area contributed by atoms with Crippen LogP contribution in [0.3, 0.4) is 0 Å². The monoisotopic (exact) mass is 559 g/mol. The Morgan fingerprint density at radius 2 is 1.65 bits per heavy atom. The molecule has 226 valence electrons. The molecule has 1 aromatic carbocycles. The fourth-order valence-corrected chi connectivity index (χ4v) is 6.03. The minimum absolute atomic E-state index is 0.111. The third kappa shape index (κ3) is 9.58. The summed E-state index contributed by atoms with van der Waals surface area (Å²) in [5.41, 5.74) is 7.73. The summed E-state index contributed by atoms with van der Waals surface area (Å²) >= 11 is 0. The topological polar surface area (TPSA) is 131 Å². The molecule has 0 heterocycles. The van der Waals surface area contributed by atoms with E-state index in [2.05, 4.69) is 29.7 Å². The van der Waals surface area contributed by atoms with Crippen molar-refractivity contribution in [2.75, 3.05) is 7.11 Å². The van der Waals surface area contributed by atoms with Crippen LogP contribution in [0.25, 0.3) is 0 Å². The average Bonchev–Trinajstić information content (AvgIpc) is 3.41. The van der Waals surface area contributed by atoms with Crippen molar-refractivity contribution < 1.29 is 24.2 Å². The van der Waals surface area contributed by atoms with Gasteiger partial charge in [0.2, 0.25) is 11.8 Å². The van der Waals surface area contributed by atoms with Crippen molar-refractivity contribution in [3.63, 3.8) is 0 Å². The van der Waals surface area contributed by atoms with Crippen LogP contribution in [-0.4, -0.2) is 54.2 Å². The van der Waals surface area contributed by atoms with E-state index in [-0.39, 0.29) is 47.4 Å². The lowest BCUT2D eigenvalue weighted by Gasteiger charge is -2.29. The number of nitrogens with two attached hydrogens (primary N) is 1. The molecule has 1 aliphatic rings. The fraction of sp³-hybridized carbons (Fsp3) is 0.719. The van der Waals surface area contributed by atoms with E-state index in [4.69, 9.17) is 10.5 Å². The molecular weight excluding hydrogens is 506 g/mol. The number of ether oxygens (including phenoxy) is 1. The van der Waals surface area contributed by atoms with Crippen LogP contribution in [0.15, 0.2) is 30.3 Å². The van der Waals surface area contributed by atoms with Gasteiger partial charge in [-0.3, -0.25) is 9.59 Å². The number of benzene rings is 1. The Bertz CT molecular complexity index is 922. The molecule has 0 spiro atoms. The molecule has 4 unspecified atom stereocenters. The number of esters is 1. The lowest BCUT2D eigenvalue weighted by atomic mass is 9.83. The normalized spacial score (nSPS) is 20.9. The lowest BCUT2D eigenvalue weighted by molar-refractivity contribution is -0.147. The predicted octanol–water partition coefficient (Wildman–Crippen LogP) is 4.30. The van der Waals surface area contributed by atoms with E-state index in [9.17, 15) is 19.5 Å². The van der Waals surface area contributed by atoms with Crippen LogP contribution in [0.4, 0.5) is 0 Å². The highest BCUT2D eigenvalue weighted by Crippen LogP contribution is 2.36. The number of methoxy groups -OCH3 is 1. The van der Waals surface area contributed by atoms with Gasteiger partial charge in [0.15, 0.2) is 0 Å². The summed E-state index contributed by atoms with van der Waals surface area (Å²) in [4.78, 5) is 38.6. The molecule has 2 amide bonds. The molecule has 2 rings (SSSR count). The Hall–Kier alpha value is -2.45. The van der Waals surface area contributed by atoms with E-state index in [1.54, 1.807) is 0 Å². The summed E-state index contributed by atoms with van der Waals surface area (Å²) in [5.74, 6) is -1.13. The van der Waals surface area contributed by atoms with Crippen molar-refractivity contribution >= 4 is 17.8 Å². The smallest absolute Gasteiger partial charge is 0.328 e. The van der Waals surface area contributed by atoms with Gasteiger partial charge < -0.3 is 26.2 Å². The largest absolute Gasteiger partial charge is 0.467 e. The first kappa shape index (κ1) is 33.8. The van der Waals surface area contributed by atoms with Crippen LogP contribution in [-0.2, 0) is 19.1 Å². The molecule has 1 aliphatic carbocycles. The Morgan fingerprint density at radius 3 is 2.23 bits per heavy atom. The predicted molar refractivity (Wildman–Crippen MR) is 158 cm³/mol. The molecule has 1 aromatic rings. The summed E-state index contributed by atoms with van der Waals surface area (Å²) in [5, 5.41) is 16.7. The summed E-state index contributed by atoms with van der Waals surface area (Å²) in [6.45, 7) is 9.57. The third-order valence-electron chi connectivity index (χ3n) is 8.47. The minimum Gasteiger partial charge on any atom is -0.467 e. The summed E-state index contributed by atoms with van der Waals surface area (Å²) < 4.78 is 4.84. The van der Waals surface area contributed by atoms with Crippen molar-refractivity contribution in [3.8, 4) is 0 Å². The number of carbonyl (C=O) groups excluding carboxylic acids is 3. The number of carbonyl (C=O) groups is 3. The first-order valence-electron chi connectivity index (χ1n) is 15.2. The molecule has 8 heteroatoms. The second-order valence-corrected chi connectivity index (χ2v) is 12.2. The summed E-state index contributed by atoms with van der Waals surface area (Å²) in [7, 11) is 1.30. The second kappa shape index (κ2) is 16.7. The highest BCUT2D eigenvalue weighted by atomic mass is 16.5. The van der Waals surface area contributed by atoms with Crippen molar-refractivity contribution in [3.05, 3.63) is 35.9 Å². The van der Waals surface area contributed by atoms with Gasteiger partial charge in [-0.2, -0.15) is 0 Å². The van der Waals surface area contributed by atoms with E-state index in [1.807, 2.05) is 45.9 Å². The number of amides is 2. The molecule has 0 radical (unpaired) electrons. The van der Waals surface area contributed by atoms with E-state index in [0.717, 1.165) is 44.9 Å². The van der Waals surface area contributed by atoms with Crippen LogP contribution in [0.5, 0.6) is 0 Å². The Kier molecular flexibility index (Phi) is 14.1. The van der Waals surface area contributed by atoms with Gasteiger partial charge in [0.25, 0.3) is 0 Å². The maximum absolute atomic E-state index is 13.4. The van der Waals surface area contributed by atoms with Gasteiger partial charge in [0, 0.05) is 17.9 Å². The molecular formula is C32H53N3O5. The van der Waals surface area contributed by atoms with Crippen LogP contribution < -0.4 is 16.4 Å². The zero-order valence-electron chi connectivity index (χ0n) is 25.4. The van der Waals surface area contributed by atoms with Crippen molar-refractivity contribution in [2.45, 2.75) is 116 Å². The first-order chi connectivity index (χ1) is 19.0. The number of aliphatic hydroxyl groups excluding tert-OH is 1. The molecule has 7 atom stereocenters. The maximum Gasteiger partial charge on any atom is 0.328 e. The molecule has 0 bridgehead atoms. The molecule has 1 saturated carbocycles.